The first-order valence-corrected chi connectivity index (χ1v) is 8.60. The van der Waals surface area contributed by atoms with Gasteiger partial charge in [0.1, 0.15) is 18.2 Å². The first kappa shape index (κ1) is 18.8. The van der Waals surface area contributed by atoms with Crippen LogP contribution in [-0.4, -0.2) is 42.7 Å². The fourth-order valence-electron chi connectivity index (χ4n) is 2.06. The van der Waals surface area contributed by atoms with Crippen molar-refractivity contribution in [2.45, 2.75) is 4.90 Å². The van der Waals surface area contributed by atoms with Crippen molar-refractivity contribution in [2.24, 2.45) is 5.73 Å². The van der Waals surface area contributed by atoms with Crippen molar-refractivity contribution in [2.75, 3.05) is 26.0 Å². The molecule has 0 spiro atoms. The van der Waals surface area contributed by atoms with E-state index in [-0.39, 0.29) is 24.1 Å². The van der Waals surface area contributed by atoms with E-state index in [0.29, 0.717) is 22.8 Å². The lowest BCUT2D eigenvalue weighted by Gasteiger charge is -2.19. The predicted octanol–water partition coefficient (Wildman–Crippen LogP) is 2.55. The molecule has 2 amide bonds. The molecule has 0 unspecified atom stereocenters. The van der Waals surface area contributed by atoms with Gasteiger partial charge in [0, 0.05) is 11.9 Å². The van der Waals surface area contributed by atoms with E-state index in [1.165, 1.54) is 40.9 Å². The molecule has 25 heavy (non-hydrogen) atoms. The Hall–Kier alpha value is -2.54. The number of carbonyl (C=O) groups excluding carboxylic acids is 2. The second kappa shape index (κ2) is 9.08. The zero-order valence-electron chi connectivity index (χ0n) is 13.8. The number of nitrogens with two attached hydrogens (primary N) is 1. The third-order valence-electron chi connectivity index (χ3n) is 3.34. The number of likely N-dealkylation sites (N-methyl/N-ethyl adjacent to an activating group) is 1. The van der Waals surface area contributed by atoms with Crippen molar-refractivity contribution in [1.82, 2.24) is 4.90 Å². The maximum Gasteiger partial charge on any atom is 0.254 e. The van der Waals surface area contributed by atoms with E-state index in [0.717, 1.165) is 0 Å². The van der Waals surface area contributed by atoms with E-state index in [1.54, 1.807) is 31.3 Å². The van der Waals surface area contributed by atoms with E-state index in [1.807, 2.05) is 0 Å². The van der Waals surface area contributed by atoms with Crippen LogP contribution in [0.4, 0.5) is 4.39 Å². The maximum atomic E-state index is 12.8. The van der Waals surface area contributed by atoms with Crippen molar-refractivity contribution in [3.63, 3.8) is 0 Å². The van der Waals surface area contributed by atoms with Gasteiger partial charge in [-0.15, -0.1) is 11.8 Å². The summed E-state index contributed by atoms with van der Waals surface area (Å²) in [7, 11) is 1.67. The topological polar surface area (TPSA) is 72.6 Å². The first-order chi connectivity index (χ1) is 12.0. The van der Waals surface area contributed by atoms with Crippen LogP contribution in [-0.2, 0) is 4.79 Å². The zero-order valence-corrected chi connectivity index (χ0v) is 14.6. The summed E-state index contributed by atoms with van der Waals surface area (Å²) in [5.41, 5.74) is 5.67. The Kier molecular flexibility index (Phi) is 6.82. The summed E-state index contributed by atoms with van der Waals surface area (Å²) in [5, 5.41) is 0. The highest BCUT2D eigenvalue weighted by Crippen LogP contribution is 2.23. The maximum absolute atomic E-state index is 12.8. The van der Waals surface area contributed by atoms with Crippen LogP contribution in [0.5, 0.6) is 5.75 Å². The molecule has 0 fully saturated rings. The minimum Gasteiger partial charge on any atom is -0.492 e. The highest BCUT2D eigenvalue weighted by Gasteiger charge is 2.16. The minimum absolute atomic E-state index is 0.113. The molecule has 0 aliphatic heterocycles. The Morgan fingerprint density at radius 1 is 1.16 bits per heavy atom. The van der Waals surface area contributed by atoms with Gasteiger partial charge in [0.15, 0.2) is 0 Å². The van der Waals surface area contributed by atoms with Crippen LogP contribution in [0.25, 0.3) is 0 Å². The van der Waals surface area contributed by atoms with Crippen molar-refractivity contribution < 1.29 is 18.7 Å². The van der Waals surface area contributed by atoms with Gasteiger partial charge < -0.3 is 15.4 Å². The molecule has 0 aromatic heterocycles. The molecular weight excluding hydrogens is 343 g/mol. The number of nitrogens with zero attached hydrogens (tertiary/aromatic N) is 1. The predicted molar refractivity (Wildman–Crippen MR) is 95.2 cm³/mol. The molecular formula is C18H19FN2O3S. The normalized spacial score (nSPS) is 10.3. The van der Waals surface area contributed by atoms with Crippen LogP contribution >= 0.6 is 11.8 Å². The van der Waals surface area contributed by atoms with Gasteiger partial charge in [0.05, 0.1) is 17.9 Å². The average Bonchev–Trinajstić information content (AvgIpc) is 2.61. The minimum atomic E-state index is -0.437. The van der Waals surface area contributed by atoms with Crippen LogP contribution in [0.2, 0.25) is 0 Å². The van der Waals surface area contributed by atoms with Crippen LogP contribution in [0.15, 0.2) is 53.4 Å². The van der Waals surface area contributed by atoms with Crippen LogP contribution in [0.1, 0.15) is 10.4 Å². The number of ether oxygens (including phenoxy) is 1. The summed E-state index contributed by atoms with van der Waals surface area (Å²) in [5.74, 6) is -0.283. The average molecular weight is 362 g/mol. The van der Waals surface area contributed by atoms with Crippen LogP contribution < -0.4 is 10.5 Å². The number of rotatable bonds is 8. The largest absolute Gasteiger partial charge is 0.492 e. The zero-order chi connectivity index (χ0) is 18.2. The Bertz CT molecular complexity index is 737. The van der Waals surface area contributed by atoms with Crippen LogP contribution in [0, 0.1) is 5.82 Å². The lowest BCUT2D eigenvalue weighted by atomic mass is 10.2. The van der Waals surface area contributed by atoms with Gasteiger partial charge in [-0.3, -0.25) is 9.59 Å². The highest BCUT2D eigenvalue weighted by atomic mass is 32.2. The lowest BCUT2D eigenvalue weighted by Crippen LogP contribution is -2.31. The fourth-order valence-corrected chi connectivity index (χ4v) is 2.84. The van der Waals surface area contributed by atoms with E-state index in [2.05, 4.69) is 0 Å². The summed E-state index contributed by atoms with van der Waals surface area (Å²) in [6.45, 7) is 0.648. The van der Waals surface area contributed by atoms with E-state index in [9.17, 15) is 14.0 Å². The van der Waals surface area contributed by atoms with Gasteiger partial charge in [-0.2, -0.15) is 0 Å². The van der Waals surface area contributed by atoms with Gasteiger partial charge in [-0.05, 0) is 36.4 Å². The molecule has 0 bridgehead atoms. The fraction of sp³-hybridized carbons (Fsp3) is 0.222. The van der Waals surface area contributed by atoms with Crippen molar-refractivity contribution in [3.8, 4) is 5.75 Å². The Morgan fingerprint density at radius 2 is 1.84 bits per heavy atom. The molecule has 0 saturated carbocycles. The third-order valence-corrected chi connectivity index (χ3v) is 4.44. The summed E-state index contributed by atoms with van der Waals surface area (Å²) in [6.07, 6.45) is 0. The van der Waals surface area contributed by atoms with Crippen molar-refractivity contribution in [3.05, 3.63) is 59.9 Å². The van der Waals surface area contributed by atoms with Gasteiger partial charge in [0.2, 0.25) is 5.91 Å². The third kappa shape index (κ3) is 5.79. The number of benzene rings is 2. The first-order valence-electron chi connectivity index (χ1n) is 7.61. The molecule has 0 saturated heterocycles. The summed E-state index contributed by atoms with van der Waals surface area (Å²) in [4.78, 5) is 25.8. The molecule has 0 aliphatic rings. The summed E-state index contributed by atoms with van der Waals surface area (Å²) < 4.78 is 18.3. The highest BCUT2D eigenvalue weighted by molar-refractivity contribution is 8.00. The van der Waals surface area contributed by atoms with E-state index in [4.69, 9.17) is 10.5 Å². The molecule has 2 N–H and O–H groups in total. The molecule has 2 rings (SSSR count). The molecule has 2 aromatic rings. The van der Waals surface area contributed by atoms with Gasteiger partial charge >= 0.3 is 0 Å². The number of hydrogen-bond acceptors (Lipinski definition) is 4. The standard InChI is InChI=1S/C18H19FN2O3S/c1-21(10-11-24-14-8-6-13(19)7-9-14)18(23)15-4-2-3-5-16(15)25-12-17(20)22/h2-9H,10-12H2,1H3,(H2,20,22). The van der Waals surface area contributed by atoms with Crippen molar-refractivity contribution in [1.29, 1.82) is 0 Å². The molecule has 5 nitrogen and oxygen atoms in total. The number of halogens is 1. The molecule has 0 atom stereocenters. The molecule has 2 aromatic carbocycles. The second-order valence-corrected chi connectivity index (χ2v) is 6.30. The smallest absolute Gasteiger partial charge is 0.254 e. The van der Waals surface area contributed by atoms with Crippen molar-refractivity contribution >= 4 is 23.6 Å². The monoisotopic (exact) mass is 362 g/mol. The SMILES string of the molecule is CN(CCOc1ccc(F)cc1)C(=O)c1ccccc1SCC(N)=O. The van der Waals surface area contributed by atoms with Gasteiger partial charge in [-0.1, -0.05) is 12.1 Å². The Morgan fingerprint density at radius 3 is 2.52 bits per heavy atom. The number of hydrogen-bond donors (Lipinski definition) is 1. The summed E-state index contributed by atoms with van der Waals surface area (Å²) in [6, 6.07) is 12.8. The lowest BCUT2D eigenvalue weighted by molar-refractivity contribution is -0.115. The second-order valence-electron chi connectivity index (χ2n) is 5.28. The summed E-state index contributed by atoms with van der Waals surface area (Å²) >= 11 is 1.23. The van der Waals surface area contributed by atoms with Gasteiger partial charge in [0.25, 0.3) is 5.91 Å². The van der Waals surface area contributed by atoms with E-state index < -0.39 is 5.91 Å². The molecule has 0 radical (unpaired) electrons. The number of primary amides is 1. The van der Waals surface area contributed by atoms with Crippen LogP contribution in [0.3, 0.4) is 0 Å². The molecule has 0 aliphatic carbocycles. The molecule has 7 heteroatoms. The molecule has 0 heterocycles. The quantitative estimate of drug-likeness (QED) is 0.733. The number of amides is 2. The number of carbonyl (C=O) groups is 2. The Balaban J connectivity index is 1.93. The van der Waals surface area contributed by atoms with E-state index >= 15 is 0 Å². The van der Waals surface area contributed by atoms with Gasteiger partial charge in [-0.25, -0.2) is 4.39 Å². The Labute approximate surface area is 150 Å². The molecule has 132 valence electrons. The number of thioether (sulfide) groups is 1.